The molecule has 0 fully saturated rings. The summed E-state index contributed by atoms with van der Waals surface area (Å²) in [6.45, 7) is 9.42. The van der Waals surface area contributed by atoms with Crippen molar-refractivity contribution in [2.75, 3.05) is 11.9 Å². The van der Waals surface area contributed by atoms with E-state index in [-0.39, 0.29) is 22.9 Å². The summed E-state index contributed by atoms with van der Waals surface area (Å²) in [5, 5.41) is 14.1. The van der Waals surface area contributed by atoms with E-state index in [9.17, 15) is 10.1 Å². The Kier molecular flexibility index (Phi) is 4.05. The topological polar surface area (TPSA) is 90.2 Å². The summed E-state index contributed by atoms with van der Waals surface area (Å²) in [7, 11) is 0. The number of nitrogens with zero attached hydrogens (tertiary/aromatic N) is 3. The van der Waals surface area contributed by atoms with Gasteiger partial charge in [-0.15, -0.1) is 0 Å². The van der Waals surface area contributed by atoms with E-state index >= 15 is 0 Å². The minimum absolute atomic E-state index is 0.00162. The fourth-order valence-corrected chi connectivity index (χ4v) is 1.39. The highest BCUT2D eigenvalue weighted by Gasteiger charge is 2.27. The SMILES string of the molecule is CCOc1nc(C)nc(NC(C)(C)C)c1[N+](=O)[O-]. The van der Waals surface area contributed by atoms with Gasteiger partial charge in [0.2, 0.25) is 5.82 Å². The number of aromatic nitrogens is 2. The number of hydrogen-bond donors (Lipinski definition) is 1. The molecule has 0 radical (unpaired) electrons. The number of nitro groups is 1. The number of hydrogen-bond acceptors (Lipinski definition) is 6. The first-order chi connectivity index (χ1) is 8.24. The Labute approximate surface area is 106 Å². The van der Waals surface area contributed by atoms with Gasteiger partial charge >= 0.3 is 5.69 Å². The van der Waals surface area contributed by atoms with Gasteiger partial charge in [0.15, 0.2) is 0 Å². The van der Waals surface area contributed by atoms with Crippen LogP contribution in [0.4, 0.5) is 11.5 Å². The van der Waals surface area contributed by atoms with Crippen LogP contribution in [0, 0.1) is 17.0 Å². The standard InChI is InChI=1S/C11H18N4O3/c1-6-18-10-8(15(16)17)9(12-7(2)13-10)14-11(3,4)5/h6H2,1-5H3,(H,12,13,14). The number of ether oxygens (including phenoxy) is 1. The molecule has 100 valence electrons. The molecule has 1 N–H and O–H groups in total. The maximum atomic E-state index is 11.1. The summed E-state index contributed by atoms with van der Waals surface area (Å²) in [4.78, 5) is 18.6. The van der Waals surface area contributed by atoms with Crippen molar-refractivity contribution >= 4 is 11.5 Å². The maximum Gasteiger partial charge on any atom is 0.372 e. The number of anilines is 1. The number of aryl methyl sites for hydroxylation is 1. The van der Waals surface area contributed by atoms with E-state index in [1.807, 2.05) is 20.8 Å². The zero-order chi connectivity index (χ0) is 13.9. The average molecular weight is 254 g/mol. The third-order valence-electron chi connectivity index (χ3n) is 1.92. The quantitative estimate of drug-likeness (QED) is 0.655. The molecule has 0 atom stereocenters. The molecule has 0 aromatic carbocycles. The first-order valence-corrected chi connectivity index (χ1v) is 5.68. The summed E-state index contributed by atoms with van der Waals surface area (Å²) in [6, 6.07) is 0. The van der Waals surface area contributed by atoms with Crippen LogP contribution in [0.15, 0.2) is 0 Å². The van der Waals surface area contributed by atoms with E-state index in [0.29, 0.717) is 12.4 Å². The van der Waals surface area contributed by atoms with Gasteiger partial charge in [-0.1, -0.05) is 0 Å². The number of nitrogens with one attached hydrogen (secondary N) is 1. The van der Waals surface area contributed by atoms with Crippen molar-refractivity contribution in [2.45, 2.75) is 40.2 Å². The van der Waals surface area contributed by atoms with E-state index in [0.717, 1.165) is 0 Å². The lowest BCUT2D eigenvalue weighted by atomic mass is 10.1. The first-order valence-electron chi connectivity index (χ1n) is 5.68. The van der Waals surface area contributed by atoms with Crippen LogP contribution in [0.2, 0.25) is 0 Å². The Morgan fingerprint density at radius 1 is 1.39 bits per heavy atom. The molecule has 0 bridgehead atoms. The molecular formula is C11H18N4O3. The Hall–Kier alpha value is -1.92. The fraction of sp³-hybridized carbons (Fsp3) is 0.636. The van der Waals surface area contributed by atoms with E-state index in [2.05, 4.69) is 15.3 Å². The molecule has 7 nitrogen and oxygen atoms in total. The van der Waals surface area contributed by atoms with Crippen LogP contribution in [0.25, 0.3) is 0 Å². The molecule has 1 rings (SSSR count). The predicted octanol–water partition coefficient (Wildman–Crippen LogP) is 2.30. The molecule has 7 heteroatoms. The predicted molar refractivity (Wildman–Crippen MR) is 68.0 cm³/mol. The Morgan fingerprint density at radius 3 is 2.44 bits per heavy atom. The lowest BCUT2D eigenvalue weighted by Gasteiger charge is -2.21. The van der Waals surface area contributed by atoms with Crippen molar-refractivity contribution in [3.05, 3.63) is 15.9 Å². The van der Waals surface area contributed by atoms with Crippen molar-refractivity contribution < 1.29 is 9.66 Å². The normalized spacial score (nSPS) is 11.2. The average Bonchev–Trinajstić information content (AvgIpc) is 2.13. The Bertz CT molecular complexity index is 454. The van der Waals surface area contributed by atoms with Crippen LogP contribution in [0.5, 0.6) is 5.88 Å². The summed E-state index contributed by atoms with van der Waals surface area (Å²) in [5.41, 5.74) is -0.563. The molecule has 0 aliphatic carbocycles. The summed E-state index contributed by atoms with van der Waals surface area (Å²) in [5.74, 6) is 0.612. The largest absolute Gasteiger partial charge is 0.473 e. The van der Waals surface area contributed by atoms with Crippen molar-refractivity contribution in [1.82, 2.24) is 9.97 Å². The molecular weight excluding hydrogens is 236 g/mol. The van der Waals surface area contributed by atoms with Crippen LogP contribution in [-0.4, -0.2) is 27.0 Å². The highest BCUT2D eigenvalue weighted by atomic mass is 16.6. The Morgan fingerprint density at radius 2 is 2.00 bits per heavy atom. The van der Waals surface area contributed by atoms with E-state index in [1.54, 1.807) is 13.8 Å². The lowest BCUT2D eigenvalue weighted by molar-refractivity contribution is -0.385. The van der Waals surface area contributed by atoms with Crippen LogP contribution >= 0.6 is 0 Å². The molecule has 1 aromatic heterocycles. The number of rotatable bonds is 4. The fourth-order valence-electron chi connectivity index (χ4n) is 1.39. The molecule has 0 saturated heterocycles. The monoisotopic (exact) mass is 254 g/mol. The van der Waals surface area contributed by atoms with Crippen molar-refractivity contribution in [2.24, 2.45) is 0 Å². The van der Waals surface area contributed by atoms with Crippen molar-refractivity contribution in [1.29, 1.82) is 0 Å². The zero-order valence-electron chi connectivity index (χ0n) is 11.3. The van der Waals surface area contributed by atoms with Crippen LogP contribution in [0.1, 0.15) is 33.5 Å². The van der Waals surface area contributed by atoms with Crippen LogP contribution in [0.3, 0.4) is 0 Å². The molecule has 18 heavy (non-hydrogen) atoms. The van der Waals surface area contributed by atoms with Crippen molar-refractivity contribution in [3.63, 3.8) is 0 Å². The van der Waals surface area contributed by atoms with Gasteiger partial charge in [-0.25, -0.2) is 4.98 Å². The van der Waals surface area contributed by atoms with Gasteiger partial charge < -0.3 is 10.1 Å². The third kappa shape index (κ3) is 3.54. The molecule has 1 heterocycles. The minimum atomic E-state index is -0.529. The molecule has 0 aliphatic heterocycles. The molecule has 0 aliphatic rings. The molecule has 0 spiro atoms. The van der Waals surface area contributed by atoms with Gasteiger partial charge in [0.1, 0.15) is 5.82 Å². The molecule has 0 unspecified atom stereocenters. The highest BCUT2D eigenvalue weighted by Crippen LogP contribution is 2.33. The van der Waals surface area contributed by atoms with Crippen molar-refractivity contribution in [3.8, 4) is 5.88 Å². The summed E-state index contributed by atoms with van der Waals surface area (Å²) >= 11 is 0. The van der Waals surface area contributed by atoms with Gasteiger partial charge in [0.25, 0.3) is 5.88 Å². The van der Waals surface area contributed by atoms with Gasteiger partial charge in [0, 0.05) is 5.54 Å². The zero-order valence-corrected chi connectivity index (χ0v) is 11.3. The Balaban J connectivity index is 3.34. The second-order valence-corrected chi connectivity index (χ2v) is 4.84. The van der Waals surface area contributed by atoms with Gasteiger partial charge in [0.05, 0.1) is 11.5 Å². The minimum Gasteiger partial charge on any atom is -0.473 e. The maximum absolute atomic E-state index is 11.1. The second kappa shape index (κ2) is 5.16. The van der Waals surface area contributed by atoms with E-state index in [1.165, 1.54) is 0 Å². The van der Waals surface area contributed by atoms with Crippen LogP contribution < -0.4 is 10.1 Å². The first kappa shape index (κ1) is 14.1. The molecule has 0 amide bonds. The molecule has 1 aromatic rings. The van der Waals surface area contributed by atoms with E-state index in [4.69, 9.17) is 4.74 Å². The summed E-state index contributed by atoms with van der Waals surface area (Å²) < 4.78 is 5.20. The lowest BCUT2D eigenvalue weighted by Crippen LogP contribution is -2.27. The van der Waals surface area contributed by atoms with Gasteiger partial charge in [-0.05, 0) is 34.6 Å². The smallest absolute Gasteiger partial charge is 0.372 e. The highest BCUT2D eigenvalue weighted by molar-refractivity contribution is 5.62. The van der Waals surface area contributed by atoms with Crippen LogP contribution in [-0.2, 0) is 0 Å². The summed E-state index contributed by atoms with van der Waals surface area (Å²) in [6.07, 6.45) is 0. The third-order valence-corrected chi connectivity index (χ3v) is 1.92. The van der Waals surface area contributed by atoms with E-state index < -0.39 is 4.92 Å². The van der Waals surface area contributed by atoms with Gasteiger partial charge in [-0.2, -0.15) is 4.98 Å². The van der Waals surface area contributed by atoms with Gasteiger partial charge in [-0.3, -0.25) is 10.1 Å². The molecule has 0 saturated carbocycles. The second-order valence-electron chi connectivity index (χ2n) is 4.84.